The molecule has 2 aromatic rings. The Bertz CT molecular complexity index is 554. The van der Waals surface area contributed by atoms with Crippen LogP contribution in [-0.4, -0.2) is 22.6 Å². The highest BCUT2D eigenvalue weighted by molar-refractivity contribution is 5.85. The maximum atomic E-state index is 12.2. The summed E-state index contributed by atoms with van der Waals surface area (Å²) in [4.78, 5) is 23.0. The summed E-state index contributed by atoms with van der Waals surface area (Å²) in [6, 6.07) is 10.4. The lowest BCUT2D eigenvalue weighted by atomic mass is 9.92. The van der Waals surface area contributed by atoms with Crippen molar-refractivity contribution in [3.8, 4) is 5.88 Å². The van der Waals surface area contributed by atoms with Crippen molar-refractivity contribution < 1.29 is 14.3 Å². The van der Waals surface area contributed by atoms with Crippen LogP contribution in [0.5, 0.6) is 5.88 Å². The van der Waals surface area contributed by atoms with Crippen molar-refractivity contribution in [2.45, 2.75) is 12.5 Å². The van der Waals surface area contributed by atoms with E-state index in [1.165, 1.54) is 12.3 Å². The van der Waals surface area contributed by atoms with Crippen molar-refractivity contribution in [1.82, 2.24) is 15.5 Å². The molecule has 1 aromatic heterocycles. The van der Waals surface area contributed by atoms with Gasteiger partial charge in [0.2, 0.25) is 12.3 Å². The number of amides is 1. The number of benzene rings is 1. The summed E-state index contributed by atoms with van der Waals surface area (Å²) in [5, 5.41) is 8.71. The topological polar surface area (TPSA) is 84.1 Å². The third-order valence-electron chi connectivity index (χ3n) is 2.78. The molecule has 6 heteroatoms. The molecule has 1 heterocycles. The third-order valence-corrected chi connectivity index (χ3v) is 2.78. The molecule has 2 N–H and O–H groups in total. The molecule has 0 bridgehead atoms. The van der Waals surface area contributed by atoms with Crippen LogP contribution in [-0.2, 0) is 15.1 Å². The fraction of sp³-hybridized carbons (Fsp3) is 0.154. The van der Waals surface area contributed by atoms with Gasteiger partial charge in [0.25, 0.3) is 0 Å². The van der Waals surface area contributed by atoms with Crippen molar-refractivity contribution in [1.29, 1.82) is 0 Å². The van der Waals surface area contributed by atoms with Crippen LogP contribution in [0.2, 0.25) is 0 Å². The standard InChI is InChI=1S/C13H13N3O3/c1-13(14-9-17,10-5-3-2-4-6-10)12(18)19-11-7-8-15-16-11/h2-9H,1H3,(H,14,17)(H,15,16). The van der Waals surface area contributed by atoms with E-state index in [1.54, 1.807) is 31.2 Å². The summed E-state index contributed by atoms with van der Waals surface area (Å²) in [5.74, 6) is -0.380. The first-order valence-electron chi connectivity index (χ1n) is 5.65. The molecule has 0 radical (unpaired) electrons. The summed E-state index contributed by atoms with van der Waals surface area (Å²) >= 11 is 0. The Balaban J connectivity index is 2.28. The number of carbonyl (C=O) groups is 2. The Morgan fingerprint density at radius 2 is 2.11 bits per heavy atom. The number of nitrogens with one attached hydrogen (secondary N) is 2. The van der Waals surface area contributed by atoms with E-state index >= 15 is 0 Å². The van der Waals surface area contributed by atoms with Gasteiger partial charge in [-0.15, -0.1) is 0 Å². The van der Waals surface area contributed by atoms with Crippen LogP contribution in [0.1, 0.15) is 12.5 Å². The van der Waals surface area contributed by atoms with Gasteiger partial charge in [0.05, 0.1) is 6.20 Å². The molecule has 0 saturated heterocycles. The predicted octanol–water partition coefficient (Wildman–Crippen LogP) is 0.976. The zero-order valence-corrected chi connectivity index (χ0v) is 10.3. The normalized spacial score (nSPS) is 13.3. The van der Waals surface area contributed by atoms with Gasteiger partial charge in [-0.3, -0.25) is 4.79 Å². The average molecular weight is 259 g/mol. The van der Waals surface area contributed by atoms with Crippen LogP contribution in [0.15, 0.2) is 42.6 Å². The zero-order chi connectivity index (χ0) is 13.7. The van der Waals surface area contributed by atoms with Crippen LogP contribution in [0.3, 0.4) is 0 Å². The first-order valence-corrected chi connectivity index (χ1v) is 5.65. The molecule has 1 atom stereocenters. The van der Waals surface area contributed by atoms with Gasteiger partial charge in [-0.2, -0.15) is 5.10 Å². The maximum absolute atomic E-state index is 12.2. The molecule has 0 aliphatic carbocycles. The molecule has 0 saturated carbocycles. The molecule has 6 nitrogen and oxygen atoms in total. The fourth-order valence-electron chi connectivity index (χ4n) is 1.65. The van der Waals surface area contributed by atoms with Crippen LogP contribution >= 0.6 is 0 Å². The second kappa shape index (κ2) is 5.34. The van der Waals surface area contributed by atoms with Crippen LogP contribution in [0.25, 0.3) is 0 Å². The van der Waals surface area contributed by atoms with E-state index in [0.717, 1.165) is 0 Å². The van der Waals surface area contributed by atoms with E-state index in [2.05, 4.69) is 15.5 Å². The lowest BCUT2D eigenvalue weighted by Gasteiger charge is -2.26. The van der Waals surface area contributed by atoms with Crippen LogP contribution in [0.4, 0.5) is 0 Å². The third kappa shape index (κ3) is 2.62. The minimum absolute atomic E-state index is 0.222. The highest BCUT2D eigenvalue weighted by Gasteiger charge is 2.37. The summed E-state index contributed by atoms with van der Waals surface area (Å²) < 4.78 is 5.15. The number of nitrogens with zero attached hydrogens (tertiary/aromatic N) is 1. The van der Waals surface area contributed by atoms with Gasteiger partial charge >= 0.3 is 5.97 Å². The SMILES string of the molecule is CC(NC=O)(C(=O)Oc1ccn[nH]1)c1ccccc1. The Morgan fingerprint density at radius 1 is 1.37 bits per heavy atom. The molecule has 0 fully saturated rings. The molecule has 0 aliphatic rings. The summed E-state index contributed by atoms with van der Waals surface area (Å²) in [7, 11) is 0. The molecular weight excluding hydrogens is 246 g/mol. The zero-order valence-electron chi connectivity index (χ0n) is 10.3. The second-order valence-electron chi connectivity index (χ2n) is 4.06. The highest BCUT2D eigenvalue weighted by atomic mass is 16.5. The molecule has 1 amide bonds. The number of esters is 1. The van der Waals surface area contributed by atoms with Gasteiger partial charge in [0.15, 0.2) is 5.54 Å². The van der Waals surface area contributed by atoms with Crippen molar-refractivity contribution in [3.63, 3.8) is 0 Å². The van der Waals surface area contributed by atoms with E-state index in [0.29, 0.717) is 12.0 Å². The number of aromatic amines is 1. The Labute approximate surface area is 109 Å². The Morgan fingerprint density at radius 3 is 2.68 bits per heavy atom. The molecule has 1 aromatic carbocycles. The molecule has 0 spiro atoms. The quantitative estimate of drug-likeness (QED) is 0.619. The number of hydrogen-bond donors (Lipinski definition) is 2. The van der Waals surface area contributed by atoms with Crippen molar-refractivity contribution in [2.24, 2.45) is 0 Å². The number of hydrogen-bond acceptors (Lipinski definition) is 4. The number of aromatic nitrogens is 2. The molecule has 19 heavy (non-hydrogen) atoms. The number of carbonyl (C=O) groups excluding carboxylic acids is 2. The Kier molecular flexibility index (Phi) is 3.61. The predicted molar refractivity (Wildman–Crippen MR) is 67.2 cm³/mol. The smallest absolute Gasteiger partial charge is 0.342 e. The van der Waals surface area contributed by atoms with Gasteiger partial charge < -0.3 is 10.1 Å². The monoisotopic (exact) mass is 259 g/mol. The maximum Gasteiger partial charge on any atom is 0.342 e. The summed E-state index contributed by atoms with van der Waals surface area (Å²) in [6.07, 6.45) is 1.94. The lowest BCUT2D eigenvalue weighted by molar-refractivity contribution is -0.143. The Hall–Kier alpha value is -2.63. The van der Waals surface area contributed by atoms with Crippen molar-refractivity contribution in [2.75, 3.05) is 0 Å². The molecule has 1 unspecified atom stereocenters. The first-order chi connectivity index (χ1) is 9.16. The average Bonchev–Trinajstić information content (AvgIpc) is 2.93. The van der Waals surface area contributed by atoms with E-state index in [9.17, 15) is 9.59 Å². The first kappa shape index (κ1) is 12.8. The van der Waals surface area contributed by atoms with Crippen molar-refractivity contribution >= 4 is 12.4 Å². The number of rotatable bonds is 5. The van der Waals surface area contributed by atoms with E-state index in [4.69, 9.17) is 4.74 Å². The summed E-state index contributed by atoms with van der Waals surface area (Å²) in [6.45, 7) is 1.58. The largest absolute Gasteiger partial charge is 0.406 e. The minimum Gasteiger partial charge on any atom is -0.406 e. The molecule has 2 rings (SSSR count). The van der Waals surface area contributed by atoms with Crippen molar-refractivity contribution in [3.05, 3.63) is 48.2 Å². The van der Waals surface area contributed by atoms with Gasteiger partial charge in [0.1, 0.15) is 0 Å². The minimum atomic E-state index is -1.26. The molecular formula is C13H13N3O3. The van der Waals surface area contributed by atoms with Crippen LogP contribution in [0, 0.1) is 0 Å². The summed E-state index contributed by atoms with van der Waals surface area (Å²) in [5.41, 5.74) is -0.625. The number of H-pyrrole nitrogens is 1. The lowest BCUT2D eigenvalue weighted by Crippen LogP contribution is -2.48. The molecule has 98 valence electrons. The van der Waals surface area contributed by atoms with Crippen LogP contribution < -0.4 is 10.1 Å². The van der Waals surface area contributed by atoms with Gasteiger partial charge in [0, 0.05) is 6.07 Å². The molecule has 0 aliphatic heterocycles. The second-order valence-corrected chi connectivity index (χ2v) is 4.06. The van der Waals surface area contributed by atoms with Gasteiger partial charge in [-0.25, -0.2) is 9.89 Å². The van der Waals surface area contributed by atoms with E-state index < -0.39 is 11.5 Å². The highest BCUT2D eigenvalue weighted by Crippen LogP contribution is 2.22. The number of ether oxygens (including phenoxy) is 1. The van der Waals surface area contributed by atoms with E-state index in [-0.39, 0.29) is 5.88 Å². The van der Waals surface area contributed by atoms with Gasteiger partial charge in [-0.1, -0.05) is 30.3 Å². The van der Waals surface area contributed by atoms with E-state index in [1.807, 2.05) is 6.07 Å². The fourth-order valence-corrected chi connectivity index (χ4v) is 1.65. The van der Waals surface area contributed by atoms with Gasteiger partial charge in [-0.05, 0) is 12.5 Å².